The third-order valence-electron chi connectivity index (χ3n) is 6.16. The van der Waals surface area contributed by atoms with Crippen molar-refractivity contribution < 1.29 is 4.74 Å². The zero-order chi connectivity index (χ0) is 24.6. The standard InChI is InChI=1S/C25H29N7O2Si/c1-18(19-8-6-5-7-9-19)32-24-22(30(25(32)33)17-34-12-13-35(2,3)4)16-27-23(29-24)20-14-28-31-11-10-26-15-21(20)31/h5-11,14-16,18H,12-13,17H2,1-4H3. The van der Waals surface area contributed by atoms with E-state index in [9.17, 15) is 4.79 Å². The first kappa shape index (κ1) is 23.1. The van der Waals surface area contributed by atoms with Crippen molar-refractivity contribution in [1.82, 2.24) is 33.7 Å². The Morgan fingerprint density at radius 3 is 2.63 bits per heavy atom. The molecule has 180 valence electrons. The van der Waals surface area contributed by atoms with E-state index < -0.39 is 8.07 Å². The number of ether oxygens (including phenoxy) is 1. The number of rotatable bonds is 8. The summed E-state index contributed by atoms with van der Waals surface area (Å²) in [6.07, 6.45) is 8.61. The summed E-state index contributed by atoms with van der Waals surface area (Å²) in [5.41, 5.74) is 3.61. The number of hydrogen-bond donors (Lipinski definition) is 0. The molecule has 9 nitrogen and oxygen atoms in total. The first-order valence-corrected chi connectivity index (χ1v) is 15.4. The molecule has 0 N–H and O–H groups in total. The van der Waals surface area contributed by atoms with Gasteiger partial charge in [0.15, 0.2) is 11.5 Å². The Hall–Kier alpha value is -3.63. The lowest BCUT2D eigenvalue weighted by Crippen LogP contribution is -2.28. The van der Waals surface area contributed by atoms with Gasteiger partial charge >= 0.3 is 5.69 Å². The van der Waals surface area contributed by atoms with Crippen LogP contribution in [0.25, 0.3) is 28.1 Å². The van der Waals surface area contributed by atoms with Crippen LogP contribution in [-0.2, 0) is 11.5 Å². The summed E-state index contributed by atoms with van der Waals surface area (Å²) < 4.78 is 11.0. The number of benzene rings is 1. The van der Waals surface area contributed by atoms with Gasteiger partial charge in [0.2, 0.25) is 0 Å². The van der Waals surface area contributed by atoms with Crippen molar-refractivity contribution in [2.75, 3.05) is 6.61 Å². The molecule has 0 aliphatic rings. The van der Waals surface area contributed by atoms with Crippen LogP contribution < -0.4 is 5.69 Å². The highest BCUT2D eigenvalue weighted by Crippen LogP contribution is 2.25. The number of aromatic nitrogens is 7. The van der Waals surface area contributed by atoms with E-state index in [1.165, 1.54) is 0 Å². The van der Waals surface area contributed by atoms with Crippen molar-refractivity contribution in [3.63, 3.8) is 0 Å². The predicted octanol–water partition coefficient (Wildman–Crippen LogP) is 4.22. The zero-order valence-corrected chi connectivity index (χ0v) is 21.4. The fourth-order valence-corrected chi connectivity index (χ4v) is 4.84. The SMILES string of the molecule is CC(c1ccccc1)n1c(=O)n(COCC[Si](C)(C)C)c2cnc(-c3cnn4ccncc34)nc21. The average Bonchev–Trinajstić information content (AvgIpc) is 3.39. The van der Waals surface area contributed by atoms with Crippen LogP contribution in [0.3, 0.4) is 0 Å². The molecule has 0 saturated heterocycles. The highest BCUT2D eigenvalue weighted by Gasteiger charge is 2.22. The second kappa shape index (κ2) is 9.20. The number of hydrogen-bond acceptors (Lipinski definition) is 6. The van der Waals surface area contributed by atoms with E-state index in [4.69, 9.17) is 9.72 Å². The maximum Gasteiger partial charge on any atom is 0.332 e. The summed E-state index contributed by atoms with van der Waals surface area (Å²) >= 11 is 0. The quantitative estimate of drug-likeness (QED) is 0.240. The Bertz CT molecular complexity index is 1530. The van der Waals surface area contributed by atoms with E-state index in [0.29, 0.717) is 23.6 Å². The molecule has 5 rings (SSSR count). The van der Waals surface area contributed by atoms with Crippen LogP contribution in [0.1, 0.15) is 18.5 Å². The normalized spacial score (nSPS) is 13.0. The molecule has 0 fully saturated rings. The van der Waals surface area contributed by atoms with Gasteiger partial charge in [-0.1, -0.05) is 50.0 Å². The second-order valence-corrected chi connectivity index (χ2v) is 15.5. The minimum Gasteiger partial charge on any atom is -0.361 e. The molecule has 1 atom stereocenters. The van der Waals surface area contributed by atoms with Crippen molar-refractivity contribution in [3.8, 4) is 11.4 Å². The highest BCUT2D eigenvalue weighted by molar-refractivity contribution is 6.76. The molecule has 4 heterocycles. The lowest BCUT2D eigenvalue weighted by molar-refractivity contribution is 0.0870. The maximum absolute atomic E-state index is 13.7. The Labute approximate surface area is 204 Å². The van der Waals surface area contributed by atoms with Crippen LogP contribution in [0, 0.1) is 0 Å². The predicted molar refractivity (Wildman–Crippen MR) is 138 cm³/mol. The van der Waals surface area contributed by atoms with Crippen molar-refractivity contribution >= 4 is 24.8 Å². The molecule has 0 amide bonds. The van der Waals surface area contributed by atoms with Crippen molar-refractivity contribution in [1.29, 1.82) is 0 Å². The fourth-order valence-electron chi connectivity index (χ4n) is 4.08. The molecule has 4 aromatic heterocycles. The van der Waals surface area contributed by atoms with Gasteiger partial charge in [-0.15, -0.1) is 0 Å². The third-order valence-corrected chi connectivity index (χ3v) is 7.86. The first-order valence-electron chi connectivity index (χ1n) is 11.7. The van der Waals surface area contributed by atoms with Gasteiger partial charge in [0.05, 0.1) is 35.7 Å². The van der Waals surface area contributed by atoms with E-state index in [-0.39, 0.29) is 18.5 Å². The molecule has 35 heavy (non-hydrogen) atoms. The molecule has 0 saturated carbocycles. The Balaban J connectivity index is 1.61. The Morgan fingerprint density at radius 1 is 1.06 bits per heavy atom. The van der Waals surface area contributed by atoms with Crippen molar-refractivity contribution in [3.05, 3.63) is 77.4 Å². The zero-order valence-electron chi connectivity index (χ0n) is 20.4. The molecule has 5 aromatic rings. The minimum absolute atomic E-state index is 0.164. The molecule has 10 heteroatoms. The van der Waals surface area contributed by atoms with E-state index in [2.05, 4.69) is 34.7 Å². The van der Waals surface area contributed by atoms with Gasteiger partial charge in [-0.25, -0.2) is 19.3 Å². The van der Waals surface area contributed by atoms with Gasteiger partial charge in [-0.3, -0.25) is 14.1 Å². The van der Waals surface area contributed by atoms with Gasteiger partial charge in [0, 0.05) is 27.1 Å². The summed E-state index contributed by atoms with van der Waals surface area (Å²) in [6, 6.07) is 10.8. The summed E-state index contributed by atoms with van der Waals surface area (Å²) in [4.78, 5) is 27.3. The molecule has 0 radical (unpaired) electrons. The maximum atomic E-state index is 13.7. The number of imidazole rings is 1. The average molecular weight is 488 g/mol. The van der Waals surface area contributed by atoms with E-state index >= 15 is 0 Å². The first-order chi connectivity index (χ1) is 16.8. The van der Waals surface area contributed by atoms with E-state index in [1.807, 2.05) is 37.3 Å². The fraction of sp³-hybridized carbons (Fsp3) is 0.320. The monoisotopic (exact) mass is 487 g/mol. The summed E-state index contributed by atoms with van der Waals surface area (Å²) in [7, 11) is -1.24. The van der Waals surface area contributed by atoms with Crippen LogP contribution in [0.4, 0.5) is 0 Å². The van der Waals surface area contributed by atoms with Crippen LogP contribution >= 0.6 is 0 Å². The largest absolute Gasteiger partial charge is 0.361 e. The molecular formula is C25H29N7O2Si. The highest BCUT2D eigenvalue weighted by atomic mass is 28.3. The van der Waals surface area contributed by atoms with Crippen LogP contribution in [-0.4, -0.2) is 48.4 Å². The van der Waals surface area contributed by atoms with Crippen LogP contribution in [0.2, 0.25) is 25.7 Å². The van der Waals surface area contributed by atoms with Crippen LogP contribution in [0.15, 0.2) is 66.1 Å². The van der Waals surface area contributed by atoms with Gasteiger partial charge in [-0.2, -0.15) is 5.10 Å². The molecular weight excluding hydrogens is 458 g/mol. The van der Waals surface area contributed by atoms with E-state index in [0.717, 1.165) is 22.7 Å². The minimum atomic E-state index is -1.24. The van der Waals surface area contributed by atoms with Crippen LogP contribution in [0.5, 0.6) is 0 Å². The van der Waals surface area contributed by atoms with Gasteiger partial charge in [-0.05, 0) is 18.5 Å². The van der Waals surface area contributed by atoms with E-state index in [1.54, 1.807) is 44.6 Å². The molecule has 1 unspecified atom stereocenters. The summed E-state index contributed by atoms with van der Waals surface area (Å²) in [6.45, 7) is 9.71. The second-order valence-electron chi connectivity index (χ2n) is 9.88. The smallest absolute Gasteiger partial charge is 0.332 e. The molecule has 0 aliphatic heterocycles. The molecule has 0 aliphatic carbocycles. The summed E-state index contributed by atoms with van der Waals surface area (Å²) in [5, 5.41) is 4.38. The Morgan fingerprint density at radius 2 is 1.86 bits per heavy atom. The van der Waals surface area contributed by atoms with Crippen molar-refractivity contribution in [2.45, 2.75) is 45.4 Å². The summed E-state index contributed by atoms with van der Waals surface area (Å²) in [5.74, 6) is 0.492. The van der Waals surface area contributed by atoms with Crippen molar-refractivity contribution in [2.24, 2.45) is 0 Å². The number of nitrogens with zero attached hydrogens (tertiary/aromatic N) is 7. The molecule has 0 bridgehead atoms. The Kier molecular flexibility index (Phi) is 6.08. The van der Waals surface area contributed by atoms with Gasteiger partial charge < -0.3 is 4.74 Å². The van der Waals surface area contributed by atoms with Gasteiger partial charge in [0.25, 0.3) is 0 Å². The third kappa shape index (κ3) is 4.54. The lowest BCUT2D eigenvalue weighted by Gasteiger charge is -2.15. The van der Waals surface area contributed by atoms with Gasteiger partial charge in [0.1, 0.15) is 12.2 Å². The topological polar surface area (TPSA) is 92.1 Å². The lowest BCUT2D eigenvalue weighted by atomic mass is 10.1. The number of fused-ring (bicyclic) bond motifs is 2. The molecule has 0 spiro atoms. The molecule has 1 aromatic carbocycles.